The first-order valence-electron chi connectivity index (χ1n) is 6.15. The highest BCUT2D eigenvalue weighted by Gasteiger charge is 2.31. The number of phenols is 1. The summed E-state index contributed by atoms with van der Waals surface area (Å²) < 4.78 is 38.2. The highest BCUT2D eigenvalue weighted by Crippen LogP contribution is 2.32. The van der Waals surface area contributed by atoms with Crippen LogP contribution in [0.5, 0.6) is 5.75 Å². The molecule has 0 bridgehead atoms. The van der Waals surface area contributed by atoms with E-state index in [9.17, 15) is 23.1 Å². The smallest absolute Gasteiger partial charge is 0.416 e. The lowest BCUT2D eigenvalue weighted by Crippen LogP contribution is -2.13. The van der Waals surface area contributed by atoms with Crippen LogP contribution in [0.3, 0.4) is 0 Å². The van der Waals surface area contributed by atoms with Crippen molar-refractivity contribution in [2.45, 2.75) is 13.1 Å². The third kappa shape index (κ3) is 3.71. The van der Waals surface area contributed by atoms with Crippen LogP contribution in [0, 0.1) is 6.92 Å². The van der Waals surface area contributed by atoms with Crippen molar-refractivity contribution in [3.05, 3.63) is 58.1 Å². The van der Waals surface area contributed by atoms with Crippen molar-refractivity contribution in [1.29, 1.82) is 0 Å². The van der Waals surface area contributed by atoms with Crippen LogP contribution >= 0.6 is 11.6 Å². The molecule has 2 aromatic carbocycles. The summed E-state index contributed by atoms with van der Waals surface area (Å²) in [6, 6.07) is 7.05. The molecule has 0 unspecified atom stereocenters. The summed E-state index contributed by atoms with van der Waals surface area (Å²) in [5.41, 5.74) is -0.320. The van der Waals surface area contributed by atoms with E-state index in [0.717, 1.165) is 12.1 Å². The molecular formula is C15H11ClF3NO2. The summed E-state index contributed by atoms with van der Waals surface area (Å²) in [6.45, 7) is 1.50. The molecule has 2 N–H and O–H groups in total. The number of amides is 1. The van der Waals surface area contributed by atoms with E-state index in [1.54, 1.807) is 0 Å². The highest BCUT2D eigenvalue weighted by atomic mass is 35.5. The van der Waals surface area contributed by atoms with E-state index in [2.05, 4.69) is 5.32 Å². The molecule has 0 aliphatic heterocycles. The fourth-order valence-electron chi connectivity index (χ4n) is 1.87. The number of carbonyl (C=O) groups excluding carboxylic acids is 1. The molecule has 0 fully saturated rings. The molecule has 116 valence electrons. The molecule has 22 heavy (non-hydrogen) atoms. The maximum absolute atomic E-state index is 12.7. The molecule has 0 aliphatic carbocycles. The van der Waals surface area contributed by atoms with Crippen molar-refractivity contribution in [2.75, 3.05) is 5.32 Å². The SMILES string of the molecule is Cc1cc(NC(=O)c2ccc(O)c(Cl)c2)cc(C(F)(F)F)c1. The Bertz CT molecular complexity index is 729. The molecule has 2 aromatic rings. The molecule has 0 saturated carbocycles. The number of alkyl halides is 3. The monoisotopic (exact) mass is 329 g/mol. The molecule has 0 atom stereocenters. The number of phenolic OH excluding ortho intramolecular Hbond substituents is 1. The van der Waals surface area contributed by atoms with Crippen LogP contribution < -0.4 is 5.32 Å². The van der Waals surface area contributed by atoms with E-state index >= 15 is 0 Å². The lowest BCUT2D eigenvalue weighted by Gasteiger charge is -2.12. The standard InChI is InChI=1S/C15H11ClF3NO2/c1-8-4-10(15(17,18)19)7-11(5-8)20-14(22)9-2-3-13(21)12(16)6-9/h2-7,21H,1H3,(H,20,22). The minimum atomic E-state index is -4.49. The van der Waals surface area contributed by atoms with Crippen molar-refractivity contribution < 1.29 is 23.1 Å². The number of benzene rings is 2. The molecule has 0 aromatic heterocycles. The lowest BCUT2D eigenvalue weighted by molar-refractivity contribution is -0.137. The number of hydrogen-bond acceptors (Lipinski definition) is 2. The topological polar surface area (TPSA) is 49.3 Å². The Morgan fingerprint density at radius 1 is 1.18 bits per heavy atom. The Kier molecular flexibility index (Phi) is 4.32. The van der Waals surface area contributed by atoms with Gasteiger partial charge in [-0.05, 0) is 48.9 Å². The average Bonchev–Trinajstić information content (AvgIpc) is 2.40. The van der Waals surface area contributed by atoms with Gasteiger partial charge in [0.1, 0.15) is 5.75 Å². The Balaban J connectivity index is 2.28. The second kappa shape index (κ2) is 5.88. The molecule has 7 heteroatoms. The molecular weight excluding hydrogens is 319 g/mol. The summed E-state index contributed by atoms with van der Waals surface area (Å²) in [6.07, 6.45) is -4.49. The third-order valence-electron chi connectivity index (χ3n) is 2.87. The predicted molar refractivity (Wildman–Crippen MR) is 77.3 cm³/mol. The second-order valence-electron chi connectivity index (χ2n) is 4.71. The molecule has 1 amide bonds. The lowest BCUT2D eigenvalue weighted by atomic mass is 10.1. The quantitative estimate of drug-likeness (QED) is 0.844. The van der Waals surface area contributed by atoms with Gasteiger partial charge in [0.25, 0.3) is 5.91 Å². The van der Waals surface area contributed by atoms with Gasteiger partial charge < -0.3 is 10.4 Å². The van der Waals surface area contributed by atoms with Gasteiger partial charge in [0, 0.05) is 11.3 Å². The van der Waals surface area contributed by atoms with Crippen LogP contribution in [-0.2, 0) is 6.18 Å². The summed E-state index contributed by atoms with van der Waals surface area (Å²) in [4.78, 5) is 12.0. The Labute approximate surface area is 129 Å². The third-order valence-corrected chi connectivity index (χ3v) is 3.18. The van der Waals surface area contributed by atoms with Crippen LogP contribution in [0.4, 0.5) is 18.9 Å². The summed E-state index contributed by atoms with van der Waals surface area (Å²) in [7, 11) is 0. The van der Waals surface area contributed by atoms with E-state index < -0.39 is 17.6 Å². The summed E-state index contributed by atoms with van der Waals surface area (Å²) >= 11 is 5.69. The highest BCUT2D eigenvalue weighted by molar-refractivity contribution is 6.32. The van der Waals surface area contributed by atoms with Gasteiger partial charge in [0.05, 0.1) is 10.6 Å². The second-order valence-corrected chi connectivity index (χ2v) is 5.11. The number of rotatable bonds is 2. The Morgan fingerprint density at radius 3 is 2.45 bits per heavy atom. The van der Waals surface area contributed by atoms with E-state index in [1.165, 1.54) is 31.2 Å². The maximum atomic E-state index is 12.7. The number of hydrogen-bond donors (Lipinski definition) is 2. The van der Waals surface area contributed by atoms with Crippen LogP contribution in [0.1, 0.15) is 21.5 Å². The van der Waals surface area contributed by atoms with Gasteiger partial charge in [-0.3, -0.25) is 4.79 Å². The number of carbonyl (C=O) groups is 1. The van der Waals surface area contributed by atoms with Crippen LogP contribution in [0.15, 0.2) is 36.4 Å². The van der Waals surface area contributed by atoms with Crippen molar-refractivity contribution >= 4 is 23.2 Å². The van der Waals surface area contributed by atoms with Gasteiger partial charge in [-0.2, -0.15) is 13.2 Å². The van der Waals surface area contributed by atoms with Crippen molar-refractivity contribution in [2.24, 2.45) is 0 Å². The predicted octanol–water partition coefficient (Wildman–Crippen LogP) is 4.63. The van der Waals surface area contributed by atoms with Gasteiger partial charge in [-0.15, -0.1) is 0 Å². The molecule has 0 heterocycles. The first-order chi connectivity index (χ1) is 10.2. The van der Waals surface area contributed by atoms with Crippen molar-refractivity contribution in [1.82, 2.24) is 0 Å². The number of anilines is 1. The molecule has 0 radical (unpaired) electrons. The van der Waals surface area contributed by atoms with Gasteiger partial charge >= 0.3 is 6.18 Å². The molecule has 2 rings (SSSR count). The van der Waals surface area contributed by atoms with Crippen LogP contribution in [0.2, 0.25) is 5.02 Å². The van der Waals surface area contributed by atoms with Crippen LogP contribution in [0.25, 0.3) is 0 Å². The number of nitrogens with one attached hydrogen (secondary N) is 1. The number of halogens is 4. The van der Waals surface area contributed by atoms with Gasteiger partial charge in [0.2, 0.25) is 0 Å². The van der Waals surface area contributed by atoms with Crippen molar-refractivity contribution in [3.63, 3.8) is 0 Å². The summed E-state index contributed by atoms with van der Waals surface area (Å²) in [5.74, 6) is -0.811. The van der Waals surface area contributed by atoms with Crippen molar-refractivity contribution in [3.8, 4) is 5.75 Å². The van der Waals surface area contributed by atoms with E-state index in [-0.39, 0.29) is 22.0 Å². The Morgan fingerprint density at radius 2 is 1.86 bits per heavy atom. The van der Waals surface area contributed by atoms with Gasteiger partial charge in [-0.1, -0.05) is 11.6 Å². The molecule has 0 spiro atoms. The minimum Gasteiger partial charge on any atom is -0.506 e. The maximum Gasteiger partial charge on any atom is 0.416 e. The minimum absolute atomic E-state index is 0.0205. The van der Waals surface area contributed by atoms with Gasteiger partial charge in [0.15, 0.2) is 0 Å². The van der Waals surface area contributed by atoms with E-state index in [0.29, 0.717) is 5.56 Å². The normalized spacial score (nSPS) is 11.3. The van der Waals surface area contributed by atoms with Gasteiger partial charge in [-0.25, -0.2) is 0 Å². The van der Waals surface area contributed by atoms with E-state index in [1.807, 2.05) is 0 Å². The zero-order chi connectivity index (χ0) is 16.5. The largest absolute Gasteiger partial charge is 0.506 e. The van der Waals surface area contributed by atoms with E-state index in [4.69, 9.17) is 11.6 Å². The summed E-state index contributed by atoms with van der Waals surface area (Å²) in [5, 5.41) is 11.6. The fourth-order valence-corrected chi connectivity index (χ4v) is 2.05. The average molecular weight is 330 g/mol. The zero-order valence-corrected chi connectivity index (χ0v) is 12.1. The zero-order valence-electron chi connectivity index (χ0n) is 11.3. The molecule has 3 nitrogen and oxygen atoms in total. The first-order valence-corrected chi connectivity index (χ1v) is 6.53. The Hall–Kier alpha value is -2.21. The first kappa shape index (κ1) is 16.2. The number of aromatic hydroxyl groups is 1. The fraction of sp³-hybridized carbons (Fsp3) is 0.133. The molecule has 0 aliphatic rings. The molecule has 0 saturated heterocycles. The number of aryl methyl sites for hydroxylation is 1. The van der Waals surface area contributed by atoms with Crippen LogP contribution in [-0.4, -0.2) is 11.0 Å².